The molecule has 0 saturated heterocycles. The summed E-state index contributed by atoms with van der Waals surface area (Å²) in [6, 6.07) is 2.47. The van der Waals surface area contributed by atoms with E-state index in [4.69, 9.17) is 11.6 Å². The average Bonchev–Trinajstić information content (AvgIpc) is 2.27. The van der Waals surface area contributed by atoms with Crippen molar-refractivity contribution in [3.63, 3.8) is 0 Å². The zero-order valence-corrected chi connectivity index (χ0v) is 12.7. The van der Waals surface area contributed by atoms with E-state index in [0.29, 0.717) is 0 Å². The van der Waals surface area contributed by atoms with Gasteiger partial charge in [-0.1, -0.05) is 11.6 Å². The van der Waals surface area contributed by atoms with Crippen LogP contribution in [0.3, 0.4) is 0 Å². The minimum absolute atomic E-state index is 0.0723. The number of hydrogen-bond donors (Lipinski definition) is 0. The molecule has 0 amide bonds. The Bertz CT molecular complexity index is 531. The van der Waals surface area contributed by atoms with E-state index in [-0.39, 0.29) is 21.8 Å². The van der Waals surface area contributed by atoms with Gasteiger partial charge in [0, 0.05) is 42.1 Å². The average molecular weight is 311 g/mol. The SMILES string of the molecule is CC(CS(C)=O)N(C)S(=O)(=O)c1ccc(Cl)nc1. The minimum atomic E-state index is -3.62. The van der Waals surface area contributed by atoms with Gasteiger partial charge in [0.05, 0.1) is 0 Å². The number of aromatic nitrogens is 1. The highest BCUT2D eigenvalue weighted by Gasteiger charge is 2.26. The molecule has 2 unspecified atom stereocenters. The maximum absolute atomic E-state index is 12.2. The van der Waals surface area contributed by atoms with Gasteiger partial charge in [-0.15, -0.1) is 0 Å². The van der Waals surface area contributed by atoms with Gasteiger partial charge in [0.15, 0.2) is 0 Å². The van der Waals surface area contributed by atoms with Gasteiger partial charge < -0.3 is 0 Å². The smallest absolute Gasteiger partial charge is 0.244 e. The van der Waals surface area contributed by atoms with Crippen molar-refractivity contribution in [3.05, 3.63) is 23.5 Å². The molecular formula is C10H15ClN2O3S2. The first-order valence-corrected chi connectivity index (χ1v) is 8.69. The molecule has 8 heteroatoms. The Morgan fingerprint density at radius 3 is 2.56 bits per heavy atom. The molecule has 0 saturated carbocycles. The van der Waals surface area contributed by atoms with E-state index in [1.807, 2.05) is 0 Å². The van der Waals surface area contributed by atoms with Crippen LogP contribution in [0.4, 0.5) is 0 Å². The third-order valence-corrected chi connectivity index (χ3v) is 5.60. The predicted molar refractivity (Wildman–Crippen MR) is 72.6 cm³/mol. The summed E-state index contributed by atoms with van der Waals surface area (Å²) in [7, 11) is -3.22. The molecule has 0 aliphatic heterocycles. The van der Waals surface area contributed by atoms with Crippen LogP contribution in [-0.4, -0.2) is 47.0 Å². The van der Waals surface area contributed by atoms with Crippen molar-refractivity contribution < 1.29 is 12.6 Å². The lowest BCUT2D eigenvalue weighted by atomic mass is 10.4. The molecule has 102 valence electrons. The van der Waals surface area contributed by atoms with Crippen LogP contribution in [0.25, 0.3) is 0 Å². The number of halogens is 1. The maximum atomic E-state index is 12.2. The van der Waals surface area contributed by atoms with Crippen molar-refractivity contribution in [1.29, 1.82) is 0 Å². The van der Waals surface area contributed by atoms with Crippen LogP contribution in [0.2, 0.25) is 5.15 Å². The van der Waals surface area contributed by atoms with Crippen molar-refractivity contribution in [2.75, 3.05) is 19.1 Å². The molecule has 1 rings (SSSR count). The number of pyridine rings is 1. The molecule has 18 heavy (non-hydrogen) atoms. The van der Waals surface area contributed by atoms with Crippen LogP contribution in [0.5, 0.6) is 0 Å². The van der Waals surface area contributed by atoms with Gasteiger partial charge in [-0.2, -0.15) is 4.31 Å². The fraction of sp³-hybridized carbons (Fsp3) is 0.500. The van der Waals surface area contributed by atoms with Crippen molar-refractivity contribution in [3.8, 4) is 0 Å². The van der Waals surface area contributed by atoms with E-state index < -0.39 is 20.8 Å². The largest absolute Gasteiger partial charge is 0.260 e. The van der Waals surface area contributed by atoms with Crippen LogP contribution in [-0.2, 0) is 20.8 Å². The monoisotopic (exact) mass is 310 g/mol. The first-order chi connectivity index (χ1) is 8.25. The molecule has 0 fully saturated rings. The van der Waals surface area contributed by atoms with Gasteiger partial charge in [-0.05, 0) is 19.1 Å². The lowest BCUT2D eigenvalue weighted by molar-refractivity contribution is 0.413. The highest BCUT2D eigenvalue weighted by atomic mass is 35.5. The fourth-order valence-electron chi connectivity index (χ4n) is 1.36. The molecule has 0 bridgehead atoms. The highest BCUT2D eigenvalue weighted by Crippen LogP contribution is 2.17. The molecule has 1 aromatic heterocycles. The topological polar surface area (TPSA) is 67.3 Å². The summed E-state index contributed by atoms with van der Waals surface area (Å²) in [5.41, 5.74) is 0. The number of sulfonamides is 1. The van der Waals surface area contributed by atoms with Crippen LogP contribution in [0.15, 0.2) is 23.2 Å². The van der Waals surface area contributed by atoms with E-state index in [0.717, 1.165) is 0 Å². The summed E-state index contributed by atoms with van der Waals surface area (Å²) >= 11 is 5.61. The number of hydrogen-bond acceptors (Lipinski definition) is 4. The van der Waals surface area contributed by atoms with Crippen molar-refractivity contribution in [2.24, 2.45) is 0 Å². The molecule has 0 radical (unpaired) electrons. The first-order valence-electron chi connectivity index (χ1n) is 5.14. The zero-order chi connectivity index (χ0) is 13.9. The van der Waals surface area contributed by atoms with E-state index in [9.17, 15) is 12.6 Å². The number of nitrogens with zero attached hydrogens (tertiary/aromatic N) is 2. The summed E-state index contributed by atoms with van der Waals surface area (Å²) in [5, 5.41) is 0.235. The molecule has 5 nitrogen and oxygen atoms in total. The summed E-state index contributed by atoms with van der Waals surface area (Å²) in [4.78, 5) is 3.82. The van der Waals surface area contributed by atoms with E-state index in [1.54, 1.807) is 13.2 Å². The van der Waals surface area contributed by atoms with Gasteiger partial charge in [-0.25, -0.2) is 13.4 Å². The summed E-state index contributed by atoms with van der Waals surface area (Å²) in [6.07, 6.45) is 2.75. The van der Waals surface area contributed by atoms with E-state index in [2.05, 4.69) is 4.98 Å². The highest BCUT2D eigenvalue weighted by molar-refractivity contribution is 7.89. The van der Waals surface area contributed by atoms with Crippen molar-refractivity contribution in [2.45, 2.75) is 17.9 Å². The lowest BCUT2D eigenvalue weighted by Crippen LogP contribution is -2.38. The Kier molecular flexibility index (Phi) is 5.27. The number of rotatable bonds is 5. The molecule has 0 aromatic carbocycles. The van der Waals surface area contributed by atoms with Crippen LogP contribution in [0, 0.1) is 0 Å². The molecule has 0 N–H and O–H groups in total. The van der Waals surface area contributed by atoms with Gasteiger partial charge in [0.2, 0.25) is 10.0 Å². The molecule has 0 aliphatic rings. The summed E-state index contributed by atoms with van der Waals surface area (Å²) < 4.78 is 36.7. The van der Waals surface area contributed by atoms with Crippen molar-refractivity contribution in [1.82, 2.24) is 9.29 Å². The van der Waals surface area contributed by atoms with Gasteiger partial charge in [0.1, 0.15) is 10.0 Å². The van der Waals surface area contributed by atoms with Gasteiger partial charge >= 0.3 is 0 Å². The van der Waals surface area contributed by atoms with E-state index >= 15 is 0 Å². The molecular weight excluding hydrogens is 296 g/mol. The quantitative estimate of drug-likeness (QED) is 0.764. The van der Waals surface area contributed by atoms with Gasteiger partial charge in [-0.3, -0.25) is 4.21 Å². The molecule has 2 atom stereocenters. The molecule has 1 heterocycles. The Morgan fingerprint density at radius 2 is 2.11 bits per heavy atom. The normalized spacial score (nSPS) is 15.6. The Morgan fingerprint density at radius 1 is 1.50 bits per heavy atom. The second kappa shape index (κ2) is 6.10. The maximum Gasteiger partial charge on any atom is 0.244 e. The standard InChI is InChI=1S/C10H15ClN2O3S2/c1-8(7-17(3)14)13(2)18(15,16)9-4-5-10(11)12-6-9/h4-6,8H,7H2,1-3H3. The van der Waals surface area contributed by atoms with Crippen LogP contribution < -0.4 is 0 Å². The fourth-order valence-corrected chi connectivity index (χ4v) is 3.78. The Hall–Kier alpha value is -0.500. The van der Waals surface area contributed by atoms with Crippen LogP contribution in [0.1, 0.15) is 6.92 Å². The predicted octanol–water partition coefficient (Wildman–Crippen LogP) is 1.12. The second-order valence-electron chi connectivity index (χ2n) is 3.93. The van der Waals surface area contributed by atoms with Crippen molar-refractivity contribution >= 4 is 32.4 Å². The summed E-state index contributed by atoms with van der Waals surface area (Å²) in [6.45, 7) is 1.71. The third-order valence-electron chi connectivity index (χ3n) is 2.47. The Balaban J connectivity index is 2.99. The molecule has 0 aliphatic carbocycles. The van der Waals surface area contributed by atoms with E-state index in [1.165, 1.54) is 29.7 Å². The lowest BCUT2D eigenvalue weighted by Gasteiger charge is -2.23. The molecule has 0 spiro atoms. The second-order valence-corrected chi connectivity index (χ2v) is 7.79. The molecule has 1 aromatic rings. The minimum Gasteiger partial charge on any atom is -0.260 e. The van der Waals surface area contributed by atoms with Gasteiger partial charge in [0.25, 0.3) is 0 Å². The zero-order valence-electron chi connectivity index (χ0n) is 10.3. The summed E-state index contributed by atoms with van der Waals surface area (Å²) in [5.74, 6) is 0.288. The Labute approximate surface area is 115 Å². The third kappa shape index (κ3) is 3.74. The van der Waals surface area contributed by atoms with Crippen LogP contribution >= 0.6 is 11.6 Å². The first kappa shape index (κ1) is 15.6.